The molecule has 0 aliphatic heterocycles. The van der Waals surface area contributed by atoms with Crippen LogP contribution < -0.4 is 16.4 Å². The molecule has 5 N–H and O–H groups in total. The molecule has 0 amide bonds. The van der Waals surface area contributed by atoms with Crippen LogP contribution in [0.25, 0.3) is 22.4 Å². The second kappa shape index (κ2) is 9.54. The van der Waals surface area contributed by atoms with Gasteiger partial charge >= 0.3 is 0 Å². The van der Waals surface area contributed by atoms with E-state index in [9.17, 15) is 10.4 Å². The predicted molar refractivity (Wildman–Crippen MR) is 129 cm³/mol. The van der Waals surface area contributed by atoms with Crippen molar-refractivity contribution in [2.45, 2.75) is 19.3 Å². The van der Waals surface area contributed by atoms with E-state index in [1.165, 1.54) is 12.8 Å². The Bertz CT molecular complexity index is 1180. The molecule has 1 aromatic heterocycles. The zero-order valence-corrected chi connectivity index (χ0v) is 17.9. The van der Waals surface area contributed by atoms with E-state index in [0.717, 1.165) is 42.4 Å². The van der Waals surface area contributed by atoms with E-state index in [1.54, 1.807) is 24.3 Å². The molecule has 0 bridgehead atoms. The van der Waals surface area contributed by atoms with Crippen molar-refractivity contribution in [3.63, 3.8) is 0 Å². The van der Waals surface area contributed by atoms with Gasteiger partial charge in [0.2, 0.25) is 0 Å². The smallest absolute Gasteiger partial charge is 0.142 e. The van der Waals surface area contributed by atoms with Crippen LogP contribution in [0.15, 0.2) is 66.9 Å². The quantitative estimate of drug-likeness (QED) is 0.364. The largest absolute Gasteiger partial charge is 0.507 e. The molecular weight excluding hydrogens is 398 g/mol. The van der Waals surface area contributed by atoms with Gasteiger partial charge < -0.3 is 21.5 Å². The maximum atomic E-state index is 10.2. The van der Waals surface area contributed by atoms with Gasteiger partial charge in [-0.3, -0.25) is 0 Å². The molecule has 1 heterocycles. The minimum absolute atomic E-state index is 0.108. The van der Waals surface area contributed by atoms with Gasteiger partial charge in [0.1, 0.15) is 23.2 Å². The molecule has 1 aliphatic rings. The summed E-state index contributed by atoms with van der Waals surface area (Å²) in [7, 11) is 0. The Kier molecular flexibility index (Phi) is 6.39. The van der Waals surface area contributed by atoms with Gasteiger partial charge in [-0.2, -0.15) is 5.26 Å². The lowest BCUT2D eigenvalue weighted by Gasteiger charge is -2.14. The lowest BCUT2D eigenvalue weighted by atomic mass is 9.97. The van der Waals surface area contributed by atoms with E-state index >= 15 is 0 Å². The first-order valence-corrected chi connectivity index (χ1v) is 10.8. The minimum Gasteiger partial charge on any atom is -0.507 e. The third-order valence-electron chi connectivity index (χ3n) is 5.57. The van der Waals surface area contributed by atoms with Gasteiger partial charge in [-0.15, -0.1) is 0 Å². The topological polar surface area (TPSA) is 107 Å². The summed E-state index contributed by atoms with van der Waals surface area (Å²) < 4.78 is 0. The zero-order valence-electron chi connectivity index (χ0n) is 17.9. The number of nitrogens with one attached hydrogen (secondary N) is 2. The Balaban J connectivity index is 1.57. The second-order valence-electron chi connectivity index (χ2n) is 8.15. The average molecular weight is 426 g/mol. The van der Waals surface area contributed by atoms with Crippen LogP contribution in [0.3, 0.4) is 0 Å². The van der Waals surface area contributed by atoms with Crippen molar-refractivity contribution in [2.24, 2.45) is 5.92 Å². The highest BCUT2D eigenvalue weighted by Gasteiger charge is 2.20. The van der Waals surface area contributed by atoms with E-state index in [1.807, 2.05) is 30.3 Å². The number of phenols is 1. The number of nitrogen functional groups attached to an aromatic ring is 1. The summed E-state index contributed by atoms with van der Waals surface area (Å²) in [5, 5.41) is 26.8. The number of para-hydroxylation sites is 1. The molecular formula is C26H27N5O. The Morgan fingerprint density at radius 2 is 1.97 bits per heavy atom. The number of rotatable bonds is 9. The normalized spacial score (nSPS) is 12.8. The predicted octanol–water partition coefficient (Wildman–Crippen LogP) is 4.89. The van der Waals surface area contributed by atoms with Gasteiger partial charge in [-0.05, 0) is 67.6 Å². The lowest BCUT2D eigenvalue weighted by molar-refractivity contribution is 0.477. The number of anilines is 2. The summed E-state index contributed by atoms with van der Waals surface area (Å²) >= 11 is 0. The van der Waals surface area contributed by atoms with Crippen LogP contribution in [-0.4, -0.2) is 23.2 Å². The molecule has 1 aliphatic carbocycles. The number of nitrogens with zero attached hydrogens (tertiary/aromatic N) is 2. The summed E-state index contributed by atoms with van der Waals surface area (Å²) in [6.45, 7) is 6.11. The van der Waals surface area contributed by atoms with Gasteiger partial charge in [0.15, 0.2) is 0 Å². The molecule has 6 nitrogen and oxygen atoms in total. The van der Waals surface area contributed by atoms with Gasteiger partial charge in [0.05, 0.1) is 5.69 Å². The Hall–Kier alpha value is -3.82. The molecule has 4 rings (SSSR count). The van der Waals surface area contributed by atoms with Gasteiger partial charge in [0.25, 0.3) is 0 Å². The molecule has 1 saturated carbocycles. The van der Waals surface area contributed by atoms with Crippen LogP contribution in [0.1, 0.15) is 24.8 Å². The number of nitrogens with two attached hydrogens (primary N) is 1. The number of hydrogen-bond donors (Lipinski definition) is 4. The molecule has 0 saturated heterocycles. The van der Waals surface area contributed by atoms with E-state index in [-0.39, 0.29) is 11.6 Å². The third kappa shape index (κ3) is 5.08. The maximum Gasteiger partial charge on any atom is 0.142 e. The molecule has 3 aromatic rings. The molecule has 32 heavy (non-hydrogen) atoms. The molecule has 6 heteroatoms. The molecule has 0 spiro atoms. The van der Waals surface area contributed by atoms with Crippen molar-refractivity contribution < 1.29 is 5.11 Å². The number of aromatic hydroxyl groups is 1. The van der Waals surface area contributed by atoms with Crippen LogP contribution >= 0.6 is 0 Å². The fourth-order valence-electron chi connectivity index (χ4n) is 3.64. The molecule has 1 fully saturated rings. The molecule has 0 radical (unpaired) electrons. The highest BCUT2D eigenvalue weighted by Crippen LogP contribution is 2.35. The summed E-state index contributed by atoms with van der Waals surface area (Å²) in [6.07, 6.45) is 3.52. The molecule has 0 atom stereocenters. The fourth-order valence-corrected chi connectivity index (χ4v) is 3.64. The first-order valence-electron chi connectivity index (χ1n) is 10.8. The van der Waals surface area contributed by atoms with E-state index in [0.29, 0.717) is 22.4 Å². The number of aromatic nitrogens is 1. The lowest BCUT2D eigenvalue weighted by Crippen LogP contribution is -2.19. The van der Waals surface area contributed by atoms with Crippen LogP contribution in [0, 0.1) is 17.2 Å². The number of benzene rings is 2. The van der Waals surface area contributed by atoms with Crippen molar-refractivity contribution in [1.29, 1.82) is 5.26 Å². The maximum absolute atomic E-state index is 10.2. The van der Waals surface area contributed by atoms with Crippen molar-refractivity contribution in [3.8, 4) is 34.2 Å². The molecule has 0 unspecified atom stereocenters. The molecule has 2 aromatic carbocycles. The van der Waals surface area contributed by atoms with Crippen LogP contribution in [-0.2, 0) is 0 Å². The first kappa shape index (κ1) is 21.4. The monoisotopic (exact) mass is 425 g/mol. The van der Waals surface area contributed by atoms with Crippen LogP contribution in [0.4, 0.5) is 11.5 Å². The average Bonchev–Trinajstić information content (AvgIpc) is 3.61. The number of phenolic OH excluding ortho intramolecular Hbond substituents is 1. The van der Waals surface area contributed by atoms with Crippen molar-refractivity contribution in [1.82, 2.24) is 10.3 Å². The van der Waals surface area contributed by atoms with E-state index < -0.39 is 0 Å². The third-order valence-corrected chi connectivity index (χ3v) is 5.57. The van der Waals surface area contributed by atoms with Crippen LogP contribution in [0.2, 0.25) is 0 Å². The summed E-state index contributed by atoms with van der Waals surface area (Å²) in [5.74, 6) is 1.10. The zero-order chi connectivity index (χ0) is 22.5. The minimum atomic E-state index is 0.108. The van der Waals surface area contributed by atoms with Crippen molar-refractivity contribution in [3.05, 3.63) is 72.4 Å². The van der Waals surface area contributed by atoms with Crippen molar-refractivity contribution in [2.75, 3.05) is 24.1 Å². The fraction of sp³-hybridized carbons (Fsp3) is 0.231. The number of hydrogen-bond acceptors (Lipinski definition) is 6. The summed E-state index contributed by atoms with van der Waals surface area (Å²) in [5.41, 5.74) is 10.8. The van der Waals surface area contributed by atoms with Crippen molar-refractivity contribution >= 4 is 11.5 Å². The van der Waals surface area contributed by atoms with Gasteiger partial charge in [-0.25, -0.2) is 4.98 Å². The summed E-state index contributed by atoms with van der Waals surface area (Å²) in [6, 6.07) is 18.7. The highest BCUT2D eigenvalue weighted by molar-refractivity contribution is 5.82. The SMILES string of the molecule is C=C(CCNCC1CC1)Nc1cccc(-c2cc(-c3ccccc3O)nc(N)c2C#N)c1. The van der Waals surface area contributed by atoms with E-state index in [2.05, 4.69) is 28.3 Å². The Labute approximate surface area is 188 Å². The van der Waals surface area contributed by atoms with Gasteiger partial charge in [0, 0.05) is 29.1 Å². The second-order valence-corrected chi connectivity index (χ2v) is 8.15. The molecule has 162 valence electrons. The first-order chi connectivity index (χ1) is 15.5. The van der Waals surface area contributed by atoms with E-state index in [4.69, 9.17) is 5.73 Å². The Morgan fingerprint density at radius 3 is 2.72 bits per heavy atom. The summed E-state index contributed by atoms with van der Waals surface area (Å²) in [4.78, 5) is 4.35. The van der Waals surface area contributed by atoms with Crippen LogP contribution in [0.5, 0.6) is 5.75 Å². The number of nitriles is 1. The standard InChI is InChI=1S/C26H27N5O/c1-17(11-12-29-16-18-9-10-18)30-20-6-4-5-19(13-20)22-14-24(31-26(28)23(22)15-27)21-7-2-3-8-25(21)32/h2-8,13-14,18,29-30,32H,1,9-12,16H2,(H2,28,31). The highest BCUT2D eigenvalue weighted by atomic mass is 16.3. The Morgan fingerprint density at radius 1 is 1.16 bits per heavy atom. The van der Waals surface area contributed by atoms with Gasteiger partial charge in [-0.1, -0.05) is 30.8 Å². The number of pyridine rings is 1.